The van der Waals surface area contributed by atoms with E-state index in [0.29, 0.717) is 5.69 Å². The molecule has 3 N–H and O–H groups in total. The number of rotatable bonds is 4. The minimum absolute atomic E-state index is 0.0415. The second-order valence-electron chi connectivity index (χ2n) is 6.73. The normalized spacial score (nSPS) is 19.7. The molecule has 23 heavy (non-hydrogen) atoms. The van der Waals surface area contributed by atoms with E-state index in [4.69, 9.17) is 5.14 Å². The molecule has 1 atom stereocenters. The number of nitrogens with two attached hydrogens (primary N) is 1. The molecule has 1 fully saturated rings. The highest BCUT2D eigenvalue weighted by Crippen LogP contribution is 2.30. The molecule has 0 radical (unpaired) electrons. The summed E-state index contributed by atoms with van der Waals surface area (Å²) in [6.07, 6.45) is 0.866. The van der Waals surface area contributed by atoms with Crippen molar-refractivity contribution < 1.29 is 13.3 Å². The van der Waals surface area contributed by atoms with E-state index in [9.17, 15) is 18.5 Å². The Bertz CT molecular complexity index is 712. The molecule has 1 aromatic carbocycles. The third-order valence-corrected chi connectivity index (χ3v) is 4.90. The fourth-order valence-corrected chi connectivity index (χ4v) is 3.20. The predicted molar refractivity (Wildman–Crippen MR) is 87.8 cm³/mol. The summed E-state index contributed by atoms with van der Waals surface area (Å²) in [5.74, 6) is 0. The third-order valence-electron chi connectivity index (χ3n) is 3.99. The first-order chi connectivity index (χ1) is 10.5. The monoisotopic (exact) mass is 342 g/mol. The van der Waals surface area contributed by atoms with Crippen LogP contribution in [0, 0.1) is 10.1 Å². The number of anilines is 1. The highest BCUT2D eigenvalue weighted by Gasteiger charge is 2.31. The van der Waals surface area contributed by atoms with Gasteiger partial charge in [0.25, 0.3) is 5.69 Å². The first kappa shape index (κ1) is 17.6. The Morgan fingerprint density at radius 3 is 2.52 bits per heavy atom. The van der Waals surface area contributed by atoms with E-state index >= 15 is 0 Å². The molecule has 1 aliphatic heterocycles. The molecule has 1 aromatic rings. The zero-order valence-corrected chi connectivity index (χ0v) is 14.3. The molecule has 0 saturated carbocycles. The topological polar surface area (TPSA) is 119 Å². The molecule has 0 aliphatic carbocycles. The summed E-state index contributed by atoms with van der Waals surface area (Å²) in [6.45, 7) is 8.05. The summed E-state index contributed by atoms with van der Waals surface area (Å²) < 4.78 is 22.7. The molecule has 0 aromatic heterocycles. The van der Waals surface area contributed by atoms with Crippen LogP contribution in [0.25, 0.3) is 0 Å². The van der Waals surface area contributed by atoms with Crippen LogP contribution < -0.4 is 10.5 Å². The molecule has 0 bridgehead atoms. The largest absolute Gasteiger partial charge is 0.375 e. The van der Waals surface area contributed by atoms with Crippen LogP contribution in [0.2, 0.25) is 0 Å². The fourth-order valence-electron chi connectivity index (χ4n) is 2.67. The lowest BCUT2D eigenvalue weighted by molar-refractivity contribution is -0.384. The first-order valence-electron chi connectivity index (χ1n) is 7.31. The lowest BCUT2D eigenvalue weighted by atomic mass is 10.1. The summed E-state index contributed by atoms with van der Waals surface area (Å²) >= 11 is 0. The van der Waals surface area contributed by atoms with Gasteiger partial charge in [0, 0.05) is 30.7 Å². The average Bonchev–Trinajstić information content (AvgIpc) is 2.86. The molecule has 9 heteroatoms. The van der Waals surface area contributed by atoms with Crippen molar-refractivity contribution in [1.82, 2.24) is 4.90 Å². The van der Waals surface area contributed by atoms with Crippen molar-refractivity contribution in [1.29, 1.82) is 0 Å². The number of likely N-dealkylation sites (tertiary alicyclic amines) is 1. The van der Waals surface area contributed by atoms with Crippen LogP contribution in [0.1, 0.15) is 27.2 Å². The summed E-state index contributed by atoms with van der Waals surface area (Å²) in [5, 5.41) is 19.4. The maximum absolute atomic E-state index is 11.3. The number of nitro groups is 1. The van der Waals surface area contributed by atoms with Gasteiger partial charge in [-0.3, -0.25) is 15.0 Å². The summed E-state index contributed by atoms with van der Waals surface area (Å²) in [4.78, 5) is 12.6. The van der Waals surface area contributed by atoms with Gasteiger partial charge in [-0.15, -0.1) is 0 Å². The second kappa shape index (κ2) is 6.06. The minimum Gasteiger partial charge on any atom is -0.375 e. The molecular formula is C14H22N4O4S. The van der Waals surface area contributed by atoms with Crippen LogP contribution in [0.5, 0.6) is 0 Å². The van der Waals surface area contributed by atoms with Crippen molar-refractivity contribution >= 4 is 21.4 Å². The van der Waals surface area contributed by atoms with Crippen molar-refractivity contribution in [3.63, 3.8) is 0 Å². The molecule has 0 spiro atoms. The van der Waals surface area contributed by atoms with Gasteiger partial charge in [0.05, 0.1) is 9.82 Å². The lowest BCUT2D eigenvalue weighted by Crippen LogP contribution is -2.40. The fraction of sp³-hybridized carbons (Fsp3) is 0.571. The van der Waals surface area contributed by atoms with Crippen molar-refractivity contribution in [3.8, 4) is 0 Å². The molecule has 0 unspecified atom stereocenters. The molecular weight excluding hydrogens is 320 g/mol. The Morgan fingerprint density at radius 1 is 1.39 bits per heavy atom. The van der Waals surface area contributed by atoms with Gasteiger partial charge in [0.15, 0.2) is 0 Å². The van der Waals surface area contributed by atoms with Gasteiger partial charge < -0.3 is 5.32 Å². The van der Waals surface area contributed by atoms with Crippen LogP contribution in [0.4, 0.5) is 11.4 Å². The predicted octanol–water partition coefficient (Wildman–Crippen LogP) is 1.53. The maximum atomic E-state index is 11.3. The standard InChI is InChI=1S/C14H22N4O4S/c1-14(2,3)17-7-6-10(9-17)16-12-5-4-11(23(15,21)22)8-13(12)18(19)20/h4-5,8,10,16H,6-7,9H2,1-3H3,(H2,15,21,22)/t10-/m1/s1. The van der Waals surface area contributed by atoms with E-state index in [2.05, 4.69) is 31.0 Å². The third kappa shape index (κ3) is 4.18. The van der Waals surface area contributed by atoms with Gasteiger partial charge in [-0.1, -0.05) is 0 Å². The van der Waals surface area contributed by atoms with E-state index in [0.717, 1.165) is 25.6 Å². The summed E-state index contributed by atoms with van der Waals surface area (Å²) in [7, 11) is -3.97. The number of hydrogen-bond acceptors (Lipinski definition) is 6. The minimum atomic E-state index is -3.97. The van der Waals surface area contributed by atoms with E-state index in [-0.39, 0.29) is 22.2 Å². The number of nitro benzene ring substituents is 1. The number of nitrogens with one attached hydrogen (secondary N) is 1. The van der Waals surface area contributed by atoms with Gasteiger partial charge >= 0.3 is 0 Å². The summed E-state index contributed by atoms with van der Waals surface area (Å²) in [6, 6.07) is 3.75. The van der Waals surface area contributed by atoms with Crippen LogP contribution in [-0.2, 0) is 10.0 Å². The molecule has 8 nitrogen and oxygen atoms in total. The molecule has 1 saturated heterocycles. The van der Waals surface area contributed by atoms with Crippen molar-refractivity contribution in [3.05, 3.63) is 28.3 Å². The highest BCUT2D eigenvalue weighted by molar-refractivity contribution is 7.89. The highest BCUT2D eigenvalue weighted by atomic mass is 32.2. The number of primary sulfonamides is 1. The number of benzene rings is 1. The van der Waals surface area contributed by atoms with E-state index in [1.807, 2.05) is 0 Å². The van der Waals surface area contributed by atoms with Crippen molar-refractivity contribution in [2.45, 2.75) is 43.7 Å². The van der Waals surface area contributed by atoms with E-state index < -0.39 is 14.9 Å². The smallest absolute Gasteiger partial charge is 0.293 e. The van der Waals surface area contributed by atoms with E-state index in [1.165, 1.54) is 12.1 Å². The SMILES string of the molecule is CC(C)(C)N1CC[C@@H](Nc2ccc(S(N)(=O)=O)cc2[N+](=O)[O-])C1. The van der Waals surface area contributed by atoms with Crippen LogP contribution >= 0.6 is 0 Å². The molecule has 1 aliphatic rings. The lowest BCUT2D eigenvalue weighted by Gasteiger charge is -2.31. The van der Waals surface area contributed by atoms with Gasteiger partial charge in [0.1, 0.15) is 5.69 Å². The Morgan fingerprint density at radius 2 is 2.04 bits per heavy atom. The molecule has 2 rings (SSSR count). The van der Waals surface area contributed by atoms with E-state index in [1.54, 1.807) is 0 Å². The van der Waals surface area contributed by atoms with Crippen LogP contribution in [-0.4, -0.2) is 42.9 Å². The molecule has 0 amide bonds. The zero-order chi connectivity index (χ0) is 17.4. The molecule has 1 heterocycles. The quantitative estimate of drug-likeness (QED) is 0.632. The Kier molecular flexibility index (Phi) is 4.65. The Labute approximate surface area is 135 Å². The van der Waals surface area contributed by atoms with Crippen LogP contribution in [0.15, 0.2) is 23.1 Å². The van der Waals surface area contributed by atoms with Crippen LogP contribution in [0.3, 0.4) is 0 Å². The number of hydrogen-bond donors (Lipinski definition) is 2. The van der Waals surface area contributed by atoms with Crippen molar-refractivity contribution in [2.24, 2.45) is 5.14 Å². The van der Waals surface area contributed by atoms with Gasteiger partial charge in [-0.05, 0) is 39.3 Å². The number of nitrogens with zero attached hydrogens (tertiary/aromatic N) is 2. The summed E-state index contributed by atoms with van der Waals surface area (Å²) in [5.41, 5.74) is 0.0636. The van der Waals surface area contributed by atoms with Gasteiger partial charge in [-0.2, -0.15) is 0 Å². The average molecular weight is 342 g/mol. The van der Waals surface area contributed by atoms with Gasteiger partial charge in [0.2, 0.25) is 10.0 Å². The first-order valence-corrected chi connectivity index (χ1v) is 8.86. The Hall–Kier alpha value is -1.71. The zero-order valence-electron chi connectivity index (χ0n) is 13.4. The van der Waals surface area contributed by atoms with Crippen molar-refractivity contribution in [2.75, 3.05) is 18.4 Å². The maximum Gasteiger partial charge on any atom is 0.293 e. The van der Waals surface area contributed by atoms with Gasteiger partial charge in [-0.25, -0.2) is 13.6 Å². The molecule has 128 valence electrons. The number of sulfonamides is 1. The second-order valence-corrected chi connectivity index (χ2v) is 8.29. The Balaban J connectivity index is 2.22.